The van der Waals surface area contributed by atoms with Crippen molar-refractivity contribution in [3.05, 3.63) is 41.2 Å². The van der Waals surface area contributed by atoms with Crippen LogP contribution >= 0.6 is 0 Å². The summed E-state index contributed by atoms with van der Waals surface area (Å²) in [5.74, 6) is 1.19. The van der Waals surface area contributed by atoms with Gasteiger partial charge in [-0.05, 0) is 25.1 Å². The maximum atomic E-state index is 8.57. The maximum absolute atomic E-state index is 8.57. The van der Waals surface area contributed by atoms with Gasteiger partial charge in [0.05, 0.1) is 31.6 Å². The SMILES string of the molecule is COc1nc(C)cc(N)c1C(=N)c1ccnc(N2CCOCC2)c1. The predicted molar refractivity (Wildman–Crippen MR) is 93.1 cm³/mol. The molecule has 1 aliphatic heterocycles. The Kier molecular flexibility index (Phi) is 4.61. The minimum atomic E-state index is 0.272. The van der Waals surface area contributed by atoms with Crippen LogP contribution in [0.3, 0.4) is 0 Å². The highest BCUT2D eigenvalue weighted by atomic mass is 16.5. The Morgan fingerprint density at radius 2 is 2.08 bits per heavy atom. The van der Waals surface area contributed by atoms with Gasteiger partial charge in [0, 0.05) is 36.2 Å². The highest BCUT2D eigenvalue weighted by Gasteiger charge is 2.19. The predicted octanol–water partition coefficient (Wildman–Crippen LogP) is 1.63. The van der Waals surface area contributed by atoms with E-state index in [-0.39, 0.29) is 5.71 Å². The van der Waals surface area contributed by atoms with E-state index in [1.54, 1.807) is 18.3 Å². The largest absolute Gasteiger partial charge is 0.480 e. The number of anilines is 2. The van der Waals surface area contributed by atoms with Crippen LogP contribution in [0.2, 0.25) is 0 Å². The molecule has 0 spiro atoms. The number of pyridine rings is 2. The highest BCUT2D eigenvalue weighted by Crippen LogP contribution is 2.27. The van der Waals surface area contributed by atoms with Crippen molar-refractivity contribution in [2.75, 3.05) is 44.0 Å². The van der Waals surface area contributed by atoms with E-state index < -0.39 is 0 Å². The van der Waals surface area contributed by atoms with Crippen molar-refractivity contribution in [1.29, 1.82) is 5.41 Å². The fourth-order valence-electron chi connectivity index (χ4n) is 2.75. The molecule has 24 heavy (non-hydrogen) atoms. The number of morpholine rings is 1. The van der Waals surface area contributed by atoms with E-state index in [1.165, 1.54) is 7.11 Å². The van der Waals surface area contributed by atoms with E-state index in [0.29, 0.717) is 30.3 Å². The molecule has 3 heterocycles. The van der Waals surface area contributed by atoms with Crippen LogP contribution in [0.1, 0.15) is 16.8 Å². The summed E-state index contributed by atoms with van der Waals surface area (Å²) >= 11 is 0. The average molecular weight is 327 g/mol. The molecule has 3 N–H and O–H groups in total. The molecular weight excluding hydrogens is 306 g/mol. The molecule has 0 saturated carbocycles. The first-order valence-corrected chi connectivity index (χ1v) is 7.79. The van der Waals surface area contributed by atoms with Crippen LogP contribution in [-0.4, -0.2) is 49.1 Å². The highest BCUT2D eigenvalue weighted by molar-refractivity contribution is 6.15. The molecule has 1 saturated heterocycles. The summed E-state index contributed by atoms with van der Waals surface area (Å²) in [5, 5.41) is 8.57. The van der Waals surface area contributed by atoms with Crippen LogP contribution in [0, 0.1) is 12.3 Å². The third-order valence-electron chi connectivity index (χ3n) is 3.96. The lowest BCUT2D eigenvalue weighted by Gasteiger charge is -2.28. The Labute approximate surface area is 140 Å². The zero-order chi connectivity index (χ0) is 17.1. The molecule has 0 atom stereocenters. The zero-order valence-corrected chi connectivity index (χ0v) is 13.9. The number of nitrogen functional groups attached to an aromatic ring is 1. The number of aryl methyl sites for hydroxylation is 1. The minimum absolute atomic E-state index is 0.272. The first-order chi connectivity index (χ1) is 11.6. The van der Waals surface area contributed by atoms with Crippen LogP contribution in [0.15, 0.2) is 24.4 Å². The van der Waals surface area contributed by atoms with Crippen molar-refractivity contribution in [2.24, 2.45) is 0 Å². The second-order valence-corrected chi connectivity index (χ2v) is 5.61. The van der Waals surface area contributed by atoms with Crippen molar-refractivity contribution >= 4 is 17.2 Å². The van der Waals surface area contributed by atoms with Crippen LogP contribution < -0.4 is 15.4 Å². The van der Waals surface area contributed by atoms with Gasteiger partial charge in [-0.15, -0.1) is 0 Å². The molecule has 3 rings (SSSR count). The number of aromatic nitrogens is 2. The molecule has 2 aromatic rings. The van der Waals surface area contributed by atoms with Crippen molar-refractivity contribution in [3.8, 4) is 5.88 Å². The van der Waals surface area contributed by atoms with Crippen molar-refractivity contribution in [1.82, 2.24) is 9.97 Å². The van der Waals surface area contributed by atoms with Crippen LogP contribution in [0.5, 0.6) is 5.88 Å². The molecule has 1 fully saturated rings. The third-order valence-corrected chi connectivity index (χ3v) is 3.96. The number of nitrogens with zero attached hydrogens (tertiary/aromatic N) is 3. The number of ether oxygens (including phenoxy) is 2. The summed E-state index contributed by atoms with van der Waals surface area (Å²) in [6, 6.07) is 5.44. The van der Waals surface area contributed by atoms with Gasteiger partial charge >= 0.3 is 0 Å². The number of methoxy groups -OCH3 is 1. The standard InChI is InChI=1S/C17H21N5O2/c1-11-9-13(18)15(17(21-11)23-2)16(19)12-3-4-20-14(10-12)22-5-7-24-8-6-22/h3-4,9-10,19H,5-8H2,1-2H3,(H2,18,21). The van der Waals surface area contributed by atoms with Crippen molar-refractivity contribution < 1.29 is 9.47 Å². The first-order valence-electron chi connectivity index (χ1n) is 7.79. The zero-order valence-electron chi connectivity index (χ0n) is 13.9. The molecule has 7 nitrogen and oxygen atoms in total. The smallest absolute Gasteiger partial charge is 0.225 e. The Morgan fingerprint density at radius 1 is 1.33 bits per heavy atom. The minimum Gasteiger partial charge on any atom is -0.480 e. The number of nitrogens with one attached hydrogen (secondary N) is 1. The molecule has 1 aliphatic rings. The van der Waals surface area contributed by atoms with Crippen LogP contribution in [0.4, 0.5) is 11.5 Å². The van der Waals surface area contributed by atoms with Crippen molar-refractivity contribution in [3.63, 3.8) is 0 Å². The number of hydrogen-bond acceptors (Lipinski definition) is 7. The Bertz CT molecular complexity index is 757. The fourth-order valence-corrected chi connectivity index (χ4v) is 2.75. The summed E-state index contributed by atoms with van der Waals surface area (Å²) in [5.41, 5.74) is 8.85. The van der Waals surface area contributed by atoms with E-state index in [1.807, 2.05) is 13.0 Å². The second kappa shape index (κ2) is 6.84. The van der Waals surface area contributed by atoms with Gasteiger partial charge in [-0.2, -0.15) is 0 Å². The van der Waals surface area contributed by atoms with Crippen LogP contribution in [0.25, 0.3) is 0 Å². The monoisotopic (exact) mass is 327 g/mol. The number of rotatable bonds is 4. The molecule has 0 aliphatic carbocycles. The van der Waals surface area contributed by atoms with E-state index >= 15 is 0 Å². The molecule has 2 aromatic heterocycles. The fraction of sp³-hybridized carbons (Fsp3) is 0.353. The molecule has 7 heteroatoms. The van der Waals surface area contributed by atoms with Gasteiger partial charge in [0.25, 0.3) is 0 Å². The van der Waals surface area contributed by atoms with Gasteiger partial charge in [-0.3, -0.25) is 5.41 Å². The van der Waals surface area contributed by atoms with E-state index in [0.717, 1.165) is 30.2 Å². The summed E-state index contributed by atoms with van der Waals surface area (Å²) in [6.45, 7) is 4.80. The Balaban J connectivity index is 1.96. The van der Waals surface area contributed by atoms with Gasteiger partial charge in [0.2, 0.25) is 5.88 Å². The lowest BCUT2D eigenvalue weighted by atomic mass is 10.0. The molecule has 0 unspecified atom stereocenters. The lowest BCUT2D eigenvalue weighted by molar-refractivity contribution is 0.122. The first kappa shape index (κ1) is 16.2. The lowest BCUT2D eigenvalue weighted by Crippen LogP contribution is -2.36. The normalized spacial score (nSPS) is 14.5. The summed E-state index contributed by atoms with van der Waals surface area (Å²) in [6.07, 6.45) is 1.71. The van der Waals surface area contributed by atoms with Crippen molar-refractivity contribution in [2.45, 2.75) is 6.92 Å². The van der Waals surface area contributed by atoms with Gasteiger partial charge in [-0.1, -0.05) is 0 Å². The second-order valence-electron chi connectivity index (χ2n) is 5.61. The summed E-state index contributed by atoms with van der Waals surface area (Å²) in [7, 11) is 1.53. The van der Waals surface area contributed by atoms with E-state index in [9.17, 15) is 0 Å². The van der Waals surface area contributed by atoms with E-state index in [2.05, 4.69) is 14.9 Å². The molecule has 0 bridgehead atoms. The van der Waals surface area contributed by atoms with E-state index in [4.69, 9.17) is 20.6 Å². The van der Waals surface area contributed by atoms with Crippen LogP contribution in [-0.2, 0) is 4.74 Å². The van der Waals surface area contributed by atoms with Gasteiger partial charge in [0.1, 0.15) is 5.82 Å². The Hall–Kier alpha value is -2.67. The molecule has 0 amide bonds. The molecular formula is C17H21N5O2. The maximum Gasteiger partial charge on any atom is 0.225 e. The van der Waals surface area contributed by atoms with Gasteiger partial charge in [-0.25, -0.2) is 9.97 Å². The van der Waals surface area contributed by atoms with Gasteiger partial charge < -0.3 is 20.1 Å². The van der Waals surface area contributed by atoms with Gasteiger partial charge in [0.15, 0.2) is 0 Å². The number of hydrogen-bond donors (Lipinski definition) is 2. The molecule has 0 aromatic carbocycles. The third kappa shape index (κ3) is 3.16. The topological polar surface area (TPSA) is 97.4 Å². The molecule has 126 valence electrons. The number of nitrogens with two attached hydrogens (primary N) is 1. The average Bonchev–Trinajstić information content (AvgIpc) is 2.61. The Morgan fingerprint density at radius 3 is 2.79 bits per heavy atom. The molecule has 0 radical (unpaired) electrons. The summed E-state index contributed by atoms with van der Waals surface area (Å²) < 4.78 is 10.7. The quantitative estimate of drug-likeness (QED) is 0.828. The summed E-state index contributed by atoms with van der Waals surface area (Å²) in [4.78, 5) is 10.9.